The maximum Gasteiger partial charge on any atom is 0.314 e. The van der Waals surface area contributed by atoms with Gasteiger partial charge in [-0.1, -0.05) is 5.21 Å². The van der Waals surface area contributed by atoms with Crippen LogP contribution in [0.15, 0.2) is 24.7 Å². The Hall–Kier alpha value is -2.31. The molecule has 0 spiro atoms. The van der Waals surface area contributed by atoms with Gasteiger partial charge in [-0.25, -0.2) is 4.98 Å². The molecule has 76 valence electrons. The fourth-order valence-corrected chi connectivity index (χ4v) is 1.18. The summed E-state index contributed by atoms with van der Waals surface area (Å²) in [6, 6.07) is 1.45. The summed E-state index contributed by atoms with van der Waals surface area (Å²) in [5.41, 5.74) is 0.645. The molecule has 0 amide bonds. The topological polar surface area (TPSA) is 86.7 Å². The first-order chi connectivity index (χ1) is 7.18. The lowest BCUT2D eigenvalue weighted by Gasteiger charge is -2.01. The van der Waals surface area contributed by atoms with Crippen LogP contribution >= 0.6 is 0 Å². The van der Waals surface area contributed by atoms with E-state index in [9.17, 15) is 10.1 Å². The zero-order valence-electron chi connectivity index (χ0n) is 7.86. The molecular weight excluding hydrogens is 198 g/mol. The van der Waals surface area contributed by atoms with Crippen LogP contribution in [0.5, 0.6) is 0 Å². The molecule has 0 saturated carbocycles. The smallest absolute Gasteiger partial charge is 0.258 e. The van der Waals surface area contributed by atoms with Gasteiger partial charge in [-0.2, -0.15) is 4.68 Å². The summed E-state index contributed by atoms with van der Waals surface area (Å²) < 4.78 is 1.26. The Balaban J connectivity index is 2.61. The molecule has 2 aromatic heterocycles. The van der Waals surface area contributed by atoms with Crippen LogP contribution in [0.2, 0.25) is 0 Å². The molecule has 2 aromatic rings. The molecule has 0 fully saturated rings. The van der Waals surface area contributed by atoms with Crippen LogP contribution in [-0.4, -0.2) is 24.9 Å². The lowest BCUT2D eigenvalue weighted by atomic mass is 10.3. The normalized spacial score (nSPS) is 10.2. The molecule has 15 heavy (non-hydrogen) atoms. The van der Waals surface area contributed by atoms with Gasteiger partial charge in [-0.3, -0.25) is 10.1 Å². The highest BCUT2D eigenvalue weighted by Gasteiger charge is 2.17. The quantitative estimate of drug-likeness (QED) is 0.536. The van der Waals surface area contributed by atoms with E-state index in [4.69, 9.17) is 0 Å². The summed E-state index contributed by atoms with van der Waals surface area (Å²) in [4.78, 5) is 14.2. The molecule has 0 saturated heterocycles. The Bertz CT molecular complexity index is 494. The number of aromatic nitrogens is 4. The van der Waals surface area contributed by atoms with Gasteiger partial charge in [0.05, 0.1) is 17.3 Å². The van der Waals surface area contributed by atoms with Gasteiger partial charge in [-0.05, 0) is 12.5 Å². The summed E-state index contributed by atoms with van der Waals surface area (Å²) in [5.74, 6) is 0.170. The molecule has 0 aliphatic rings. The number of nitro groups is 1. The SMILES string of the molecule is Cc1cnc(-n2ccnn2)c([N+](=O)[O-])c1. The number of hydrogen-bond donors (Lipinski definition) is 0. The number of aryl methyl sites for hydroxylation is 1. The summed E-state index contributed by atoms with van der Waals surface area (Å²) >= 11 is 0. The third-order valence-electron chi connectivity index (χ3n) is 1.82. The van der Waals surface area contributed by atoms with E-state index in [1.165, 1.54) is 23.1 Å². The monoisotopic (exact) mass is 205 g/mol. The maximum absolute atomic E-state index is 10.8. The molecule has 0 radical (unpaired) electrons. The standard InChI is InChI=1S/C8H7N5O2/c1-6-4-7(13(14)15)8(9-5-6)12-3-2-10-11-12/h2-5H,1H3. The third kappa shape index (κ3) is 1.66. The Morgan fingerprint density at radius 3 is 2.93 bits per heavy atom. The summed E-state index contributed by atoms with van der Waals surface area (Å²) in [7, 11) is 0. The second kappa shape index (κ2) is 3.45. The van der Waals surface area contributed by atoms with Crippen LogP contribution < -0.4 is 0 Å². The lowest BCUT2D eigenvalue weighted by Crippen LogP contribution is -2.04. The second-order valence-corrected chi connectivity index (χ2v) is 2.96. The average Bonchev–Trinajstić information content (AvgIpc) is 2.70. The summed E-state index contributed by atoms with van der Waals surface area (Å²) in [5, 5.41) is 18.0. The number of hydrogen-bond acceptors (Lipinski definition) is 5. The Morgan fingerprint density at radius 2 is 2.33 bits per heavy atom. The zero-order valence-corrected chi connectivity index (χ0v) is 7.86. The fraction of sp³-hybridized carbons (Fsp3) is 0.125. The van der Waals surface area contributed by atoms with Crippen molar-refractivity contribution in [1.29, 1.82) is 0 Å². The highest BCUT2D eigenvalue weighted by molar-refractivity contribution is 5.47. The van der Waals surface area contributed by atoms with Gasteiger partial charge < -0.3 is 0 Å². The molecule has 2 heterocycles. The number of nitrogens with zero attached hydrogens (tertiary/aromatic N) is 5. The fourth-order valence-electron chi connectivity index (χ4n) is 1.18. The molecule has 0 bridgehead atoms. The minimum Gasteiger partial charge on any atom is -0.258 e. The van der Waals surface area contributed by atoms with Crippen LogP contribution in [0.25, 0.3) is 5.82 Å². The van der Waals surface area contributed by atoms with Crippen molar-refractivity contribution in [2.75, 3.05) is 0 Å². The molecule has 7 nitrogen and oxygen atoms in total. The Kier molecular flexibility index (Phi) is 2.13. The lowest BCUT2D eigenvalue weighted by molar-refractivity contribution is -0.385. The summed E-state index contributed by atoms with van der Waals surface area (Å²) in [6.07, 6.45) is 4.49. The minimum atomic E-state index is -0.489. The Labute approximate surface area is 84.5 Å². The first-order valence-electron chi connectivity index (χ1n) is 4.16. The molecule has 0 N–H and O–H groups in total. The average molecular weight is 205 g/mol. The van der Waals surface area contributed by atoms with E-state index in [0.29, 0.717) is 0 Å². The molecule has 0 unspecified atom stereocenters. The van der Waals surface area contributed by atoms with Gasteiger partial charge in [0.25, 0.3) is 0 Å². The Morgan fingerprint density at radius 1 is 1.53 bits per heavy atom. The van der Waals surface area contributed by atoms with Gasteiger partial charge in [0.1, 0.15) is 0 Å². The maximum atomic E-state index is 10.8. The van der Waals surface area contributed by atoms with Crippen LogP contribution in [0.3, 0.4) is 0 Å². The largest absolute Gasteiger partial charge is 0.314 e. The van der Waals surface area contributed by atoms with Crippen LogP contribution in [0.1, 0.15) is 5.56 Å². The molecule has 0 aliphatic heterocycles. The van der Waals surface area contributed by atoms with E-state index in [-0.39, 0.29) is 11.5 Å². The van der Waals surface area contributed by atoms with Crippen molar-refractivity contribution in [2.24, 2.45) is 0 Å². The van der Waals surface area contributed by atoms with Gasteiger partial charge in [-0.15, -0.1) is 5.10 Å². The van der Waals surface area contributed by atoms with Gasteiger partial charge >= 0.3 is 5.69 Å². The predicted octanol–water partition coefficient (Wildman–Crippen LogP) is 0.879. The van der Waals surface area contributed by atoms with Crippen molar-refractivity contribution in [1.82, 2.24) is 20.0 Å². The van der Waals surface area contributed by atoms with E-state index >= 15 is 0 Å². The first-order valence-corrected chi connectivity index (χ1v) is 4.16. The number of rotatable bonds is 2. The van der Waals surface area contributed by atoms with Crippen molar-refractivity contribution in [2.45, 2.75) is 6.92 Å². The van der Waals surface area contributed by atoms with E-state index in [1.807, 2.05) is 0 Å². The molecule has 7 heteroatoms. The molecular formula is C8H7N5O2. The van der Waals surface area contributed by atoms with Crippen LogP contribution in [0, 0.1) is 17.0 Å². The van der Waals surface area contributed by atoms with E-state index in [1.54, 1.807) is 13.1 Å². The van der Waals surface area contributed by atoms with Gasteiger partial charge in [0, 0.05) is 12.3 Å². The van der Waals surface area contributed by atoms with Crippen molar-refractivity contribution < 1.29 is 4.92 Å². The second-order valence-electron chi connectivity index (χ2n) is 2.96. The molecule has 0 aromatic carbocycles. The number of pyridine rings is 1. The first kappa shape index (κ1) is 9.25. The summed E-state index contributed by atoms with van der Waals surface area (Å²) in [6.45, 7) is 1.74. The van der Waals surface area contributed by atoms with Crippen molar-refractivity contribution in [3.8, 4) is 5.82 Å². The minimum absolute atomic E-state index is 0.0829. The zero-order chi connectivity index (χ0) is 10.8. The highest BCUT2D eigenvalue weighted by Crippen LogP contribution is 2.20. The molecule has 0 aliphatic carbocycles. The van der Waals surface area contributed by atoms with Crippen LogP contribution in [-0.2, 0) is 0 Å². The van der Waals surface area contributed by atoms with E-state index in [2.05, 4.69) is 15.3 Å². The van der Waals surface area contributed by atoms with Crippen molar-refractivity contribution >= 4 is 5.69 Å². The highest BCUT2D eigenvalue weighted by atomic mass is 16.6. The predicted molar refractivity (Wildman–Crippen MR) is 50.5 cm³/mol. The third-order valence-corrected chi connectivity index (χ3v) is 1.82. The van der Waals surface area contributed by atoms with Gasteiger partial charge in [0.15, 0.2) is 0 Å². The molecule has 0 atom stereocenters. The molecule has 2 rings (SSSR count). The van der Waals surface area contributed by atoms with Crippen LogP contribution in [0.4, 0.5) is 5.69 Å². The van der Waals surface area contributed by atoms with Gasteiger partial charge in [0.2, 0.25) is 5.82 Å². The van der Waals surface area contributed by atoms with E-state index < -0.39 is 4.92 Å². The van der Waals surface area contributed by atoms with Crippen molar-refractivity contribution in [3.63, 3.8) is 0 Å². The van der Waals surface area contributed by atoms with Crippen molar-refractivity contribution in [3.05, 3.63) is 40.3 Å². The van der Waals surface area contributed by atoms with E-state index in [0.717, 1.165) is 5.56 Å².